The number of hydrogen-bond donors (Lipinski definition) is 0. The van der Waals surface area contributed by atoms with Gasteiger partial charge in [-0.25, -0.2) is 0 Å². The molecule has 0 radical (unpaired) electrons. The van der Waals surface area contributed by atoms with Crippen LogP contribution in [0.25, 0.3) is 0 Å². The van der Waals surface area contributed by atoms with Gasteiger partial charge in [-0.2, -0.15) is 0 Å². The predicted molar refractivity (Wildman–Crippen MR) is 75.9 cm³/mol. The van der Waals surface area contributed by atoms with Crippen molar-refractivity contribution in [3.63, 3.8) is 0 Å². The van der Waals surface area contributed by atoms with Crippen LogP contribution in [0.3, 0.4) is 0 Å². The van der Waals surface area contributed by atoms with Crippen LogP contribution in [0.1, 0.15) is 63.2 Å². The topological polar surface area (TPSA) is 30.0 Å². The molecule has 1 heterocycles. The summed E-state index contributed by atoms with van der Waals surface area (Å²) in [5, 5.41) is 0. The van der Waals surface area contributed by atoms with E-state index in [1.165, 1.54) is 5.56 Å². The van der Waals surface area contributed by atoms with Crippen molar-refractivity contribution in [3.8, 4) is 0 Å². The zero-order valence-electron chi connectivity index (χ0n) is 12.7. The number of aromatic nitrogens is 1. The summed E-state index contributed by atoms with van der Waals surface area (Å²) in [7, 11) is 0. The van der Waals surface area contributed by atoms with Crippen LogP contribution in [0.15, 0.2) is 12.3 Å². The molecule has 0 aliphatic heterocycles. The third kappa shape index (κ3) is 3.66. The van der Waals surface area contributed by atoms with Gasteiger partial charge in [-0.3, -0.25) is 9.78 Å². The summed E-state index contributed by atoms with van der Waals surface area (Å²) in [4.78, 5) is 16.6. The molecule has 0 aromatic carbocycles. The van der Waals surface area contributed by atoms with E-state index in [9.17, 15) is 4.79 Å². The number of nitrogens with zero attached hydrogens (tertiary/aromatic N) is 1. The Labute approximate surface area is 111 Å². The van der Waals surface area contributed by atoms with Gasteiger partial charge < -0.3 is 0 Å². The van der Waals surface area contributed by atoms with Gasteiger partial charge in [-0.1, -0.05) is 41.5 Å². The van der Waals surface area contributed by atoms with E-state index in [2.05, 4.69) is 25.8 Å². The Hall–Kier alpha value is -1.18. The third-order valence-corrected chi connectivity index (χ3v) is 2.93. The monoisotopic (exact) mass is 247 g/mol. The number of hydrogen-bond acceptors (Lipinski definition) is 2. The van der Waals surface area contributed by atoms with Crippen molar-refractivity contribution in [1.29, 1.82) is 0 Å². The molecule has 1 rings (SSSR count). The number of rotatable bonds is 2. The summed E-state index contributed by atoms with van der Waals surface area (Å²) in [6.45, 7) is 14.4. The quantitative estimate of drug-likeness (QED) is 0.733. The fourth-order valence-electron chi connectivity index (χ4n) is 1.92. The molecule has 0 spiro atoms. The van der Waals surface area contributed by atoms with Crippen LogP contribution >= 0.6 is 0 Å². The average Bonchev–Trinajstić information content (AvgIpc) is 2.17. The Morgan fingerprint density at radius 3 is 2.17 bits per heavy atom. The molecule has 0 amide bonds. The van der Waals surface area contributed by atoms with E-state index in [1.54, 1.807) is 6.20 Å². The first kappa shape index (κ1) is 14.9. The van der Waals surface area contributed by atoms with Crippen molar-refractivity contribution < 1.29 is 4.79 Å². The highest BCUT2D eigenvalue weighted by molar-refractivity contribution is 5.99. The number of carbonyl (C=O) groups is 1. The van der Waals surface area contributed by atoms with Crippen molar-refractivity contribution >= 4 is 5.78 Å². The van der Waals surface area contributed by atoms with Gasteiger partial charge in [0, 0.05) is 11.6 Å². The van der Waals surface area contributed by atoms with Gasteiger partial charge in [0.05, 0.1) is 0 Å². The predicted octanol–water partition coefficient (Wildman–Crippen LogP) is 4.21. The molecule has 0 atom stereocenters. The lowest BCUT2D eigenvalue weighted by Crippen LogP contribution is -2.23. The van der Waals surface area contributed by atoms with Gasteiger partial charge in [-0.05, 0) is 36.0 Å². The Balaban J connectivity index is 3.18. The van der Waals surface area contributed by atoms with Crippen molar-refractivity contribution in [2.75, 3.05) is 0 Å². The van der Waals surface area contributed by atoms with Crippen molar-refractivity contribution in [2.24, 2.45) is 10.8 Å². The fourth-order valence-corrected chi connectivity index (χ4v) is 1.92. The molecule has 0 aliphatic rings. The second kappa shape index (κ2) is 4.83. The number of ketones is 1. The van der Waals surface area contributed by atoms with Gasteiger partial charge in [0.2, 0.25) is 0 Å². The molecule has 2 heteroatoms. The Morgan fingerprint density at radius 1 is 1.17 bits per heavy atom. The summed E-state index contributed by atoms with van der Waals surface area (Å²) < 4.78 is 0. The summed E-state index contributed by atoms with van der Waals surface area (Å²) in [6, 6.07) is 2.03. The second-order valence-corrected chi connectivity index (χ2v) is 7.26. The average molecular weight is 247 g/mol. The maximum atomic E-state index is 12.3. The minimum Gasteiger partial charge on any atom is -0.292 e. The molecule has 0 unspecified atom stereocenters. The summed E-state index contributed by atoms with van der Waals surface area (Å²) in [5.74, 6) is 0.121. The molecule has 0 aliphatic carbocycles. The van der Waals surface area contributed by atoms with E-state index in [1.807, 2.05) is 33.8 Å². The Morgan fingerprint density at radius 2 is 1.72 bits per heavy atom. The lowest BCUT2D eigenvalue weighted by Gasteiger charge is -2.22. The fraction of sp³-hybridized carbons (Fsp3) is 0.625. The lowest BCUT2D eigenvalue weighted by atomic mass is 9.83. The minimum absolute atomic E-state index is 0.121. The number of carbonyl (C=O) groups excluding carboxylic acids is 1. The SMILES string of the molecule is Cc1c(CC(C)(C)C)ccnc1C(=O)C(C)(C)C. The van der Waals surface area contributed by atoms with E-state index in [-0.39, 0.29) is 16.6 Å². The first-order chi connectivity index (χ1) is 8.02. The second-order valence-electron chi connectivity index (χ2n) is 7.26. The summed E-state index contributed by atoms with van der Waals surface area (Å²) in [6.07, 6.45) is 2.72. The molecule has 100 valence electrons. The number of Topliss-reactive ketones (excluding diaryl/α,β-unsaturated/α-hetero) is 1. The molecule has 1 aromatic rings. The van der Waals surface area contributed by atoms with Crippen LogP contribution in [-0.4, -0.2) is 10.8 Å². The first-order valence-electron chi connectivity index (χ1n) is 6.52. The van der Waals surface area contributed by atoms with Crippen LogP contribution in [0.2, 0.25) is 0 Å². The summed E-state index contributed by atoms with van der Waals surface area (Å²) in [5.41, 5.74) is 2.73. The van der Waals surface area contributed by atoms with Crippen molar-refractivity contribution in [2.45, 2.75) is 54.9 Å². The molecular weight excluding hydrogens is 222 g/mol. The third-order valence-electron chi connectivity index (χ3n) is 2.93. The van der Waals surface area contributed by atoms with E-state index < -0.39 is 0 Å². The maximum Gasteiger partial charge on any atom is 0.186 e. The highest BCUT2D eigenvalue weighted by atomic mass is 16.1. The zero-order valence-corrected chi connectivity index (χ0v) is 12.7. The van der Waals surface area contributed by atoms with Gasteiger partial charge >= 0.3 is 0 Å². The molecular formula is C16H25NO. The Kier molecular flexibility index (Phi) is 3.99. The van der Waals surface area contributed by atoms with Gasteiger partial charge in [0.15, 0.2) is 5.78 Å². The summed E-state index contributed by atoms with van der Waals surface area (Å²) >= 11 is 0. The lowest BCUT2D eigenvalue weighted by molar-refractivity contribution is 0.0852. The highest BCUT2D eigenvalue weighted by Crippen LogP contribution is 2.27. The number of pyridine rings is 1. The van der Waals surface area contributed by atoms with Gasteiger partial charge in [0.25, 0.3) is 0 Å². The molecule has 18 heavy (non-hydrogen) atoms. The minimum atomic E-state index is -0.377. The molecule has 0 saturated carbocycles. The zero-order chi connectivity index (χ0) is 14.1. The maximum absolute atomic E-state index is 12.3. The van der Waals surface area contributed by atoms with Crippen molar-refractivity contribution in [1.82, 2.24) is 4.98 Å². The molecule has 2 nitrogen and oxygen atoms in total. The van der Waals surface area contributed by atoms with E-state index in [4.69, 9.17) is 0 Å². The van der Waals surface area contributed by atoms with E-state index >= 15 is 0 Å². The molecule has 1 aromatic heterocycles. The smallest absolute Gasteiger partial charge is 0.186 e. The Bertz CT molecular complexity index is 447. The van der Waals surface area contributed by atoms with Gasteiger partial charge in [0.1, 0.15) is 5.69 Å². The molecule has 0 N–H and O–H groups in total. The van der Waals surface area contributed by atoms with Crippen molar-refractivity contribution in [3.05, 3.63) is 29.1 Å². The van der Waals surface area contributed by atoms with Crippen LogP contribution in [0.4, 0.5) is 0 Å². The van der Waals surface area contributed by atoms with Gasteiger partial charge in [-0.15, -0.1) is 0 Å². The molecule has 0 bridgehead atoms. The largest absolute Gasteiger partial charge is 0.292 e. The standard InChI is InChI=1S/C16H25NO/c1-11-12(10-15(2,3)4)8-9-17-13(11)14(18)16(5,6)7/h8-9H,10H2,1-7H3. The van der Waals surface area contributed by atoms with Crippen LogP contribution < -0.4 is 0 Å². The highest BCUT2D eigenvalue weighted by Gasteiger charge is 2.26. The molecule has 0 fully saturated rings. The van der Waals surface area contributed by atoms with Crippen LogP contribution in [0, 0.1) is 17.8 Å². The molecule has 0 saturated heterocycles. The van der Waals surface area contributed by atoms with E-state index in [0.717, 1.165) is 12.0 Å². The first-order valence-corrected chi connectivity index (χ1v) is 6.52. The van der Waals surface area contributed by atoms with E-state index in [0.29, 0.717) is 5.69 Å². The normalized spacial score (nSPS) is 12.6. The van der Waals surface area contributed by atoms with Crippen LogP contribution in [0.5, 0.6) is 0 Å². The van der Waals surface area contributed by atoms with Crippen LogP contribution in [-0.2, 0) is 6.42 Å².